The van der Waals surface area contributed by atoms with E-state index in [1.807, 2.05) is 6.92 Å². The normalized spacial score (nSPS) is 30.8. The van der Waals surface area contributed by atoms with Gasteiger partial charge in [0, 0.05) is 13.1 Å². The van der Waals surface area contributed by atoms with Crippen LogP contribution in [0.3, 0.4) is 0 Å². The average Bonchev–Trinajstić information content (AvgIpc) is 2.12. The van der Waals surface area contributed by atoms with E-state index in [1.54, 1.807) is 0 Å². The Morgan fingerprint density at radius 3 is 2.60 bits per heavy atom. The van der Waals surface area contributed by atoms with Crippen molar-refractivity contribution in [3.8, 4) is 0 Å². The van der Waals surface area contributed by atoms with Crippen molar-refractivity contribution >= 4 is 12.6 Å². The zero-order valence-corrected chi connectivity index (χ0v) is 11.1. The van der Waals surface area contributed by atoms with Crippen LogP contribution in [0.5, 0.6) is 0 Å². The van der Waals surface area contributed by atoms with Crippen molar-refractivity contribution in [2.75, 3.05) is 25.4 Å². The maximum atomic E-state index is 10.0. The van der Waals surface area contributed by atoms with Crippen LogP contribution in [-0.2, 0) is 0 Å². The van der Waals surface area contributed by atoms with Gasteiger partial charge in [-0.2, -0.15) is 12.6 Å². The van der Waals surface area contributed by atoms with Crippen LogP contribution < -0.4 is 0 Å². The average molecular weight is 231 g/mol. The van der Waals surface area contributed by atoms with Crippen LogP contribution in [0.25, 0.3) is 0 Å². The predicted octanol–water partition coefficient (Wildman–Crippen LogP) is 2.04. The number of likely N-dealkylation sites (tertiary alicyclic amines) is 1. The third-order valence-corrected chi connectivity index (χ3v) is 3.89. The highest BCUT2D eigenvalue weighted by molar-refractivity contribution is 7.80. The molecular formula is C12H25NOS. The van der Waals surface area contributed by atoms with E-state index >= 15 is 0 Å². The molecule has 0 radical (unpaired) electrons. The van der Waals surface area contributed by atoms with Gasteiger partial charge in [-0.05, 0) is 43.9 Å². The number of piperidine rings is 1. The number of β-amino-alcohol motifs (C(OH)–C–C–N with tert-alkyl or cyclic N) is 1. The van der Waals surface area contributed by atoms with Crippen molar-refractivity contribution in [3.05, 3.63) is 0 Å². The Kier molecular flexibility index (Phi) is 4.94. The van der Waals surface area contributed by atoms with E-state index in [9.17, 15) is 5.11 Å². The standard InChI is InChI=1S/C12H25NOS/c1-10(2)11(8-15)7-13-6-4-5-12(3,14)9-13/h10-11,14-15H,4-9H2,1-3H3. The van der Waals surface area contributed by atoms with Gasteiger partial charge in [-0.25, -0.2) is 0 Å². The molecule has 1 rings (SSSR count). The summed E-state index contributed by atoms with van der Waals surface area (Å²) in [6, 6.07) is 0. The van der Waals surface area contributed by atoms with Crippen LogP contribution in [0.2, 0.25) is 0 Å². The van der Waals surface area contributed by atoms with Crippen molar-refractivity contribution in [2.45, 2.75) is 39.2 Å². The topological polar surface area (TPSA) is 23.5 Å². The van der Waals surface area contributed by atoms with Gasteiger partial charge in [0.1, 0.15) is 0 Å². The van der Waals surface area contributed by atoms with E-state index in [1.165, 1.54) is 0 Å². The van der Waals surface area contributed by atoms with Crippen LogP contribution in [0.4, 0.5) is 0 Å². The lowest BCUT2D eigenvalue weighted by atomic mass is 9.92. The van der Waals surface area contributed by atoms with E-state index in [0.29, 0.717) is 11.8 Å². The molecule has 0 aromatic rings. The number of aliphatic hydroxyl groups is 1. The summed E-state index contributed by atoms with van der Waals surface area (Å²) >= 11 is 4.41. The molecule has 90 valence electrons. The molecule has 1 N–H and O–H groups in total. The number of thiol groups is 1. The summed E-state index contributed by atoms with van der Waals surface area (Å²) in [7, 11) is 0. The van der Waals surface area contributed by atoms with Gasteiger partial charge in [-0.15, -0.1) is 0 Å². The maximum Gasteiger partial charge on any atom is 0.0746 e. The molecule has 0 saturated carbocycles. The first-order valence-corrected chi connectivity index (χ1v) is 6.63. The monoisotopic (exact) mass is 231 g/mol. The summed E-state index contributed by atoms with van der Waals surface area (Å²) in [4.78, 5) is 2.39. The molecular weight excluding hydrogens is 206 g/mol. The Balaban J connectivity index is 2.43. The lowest BCUT2D eigenvalue weighted by Gasteiger charge is -2.39. The molecule has 0 aromatic heterocycles. The number of rotatable bonds is 4. The number of nitrogens with zero attached hydrogens (tertiary/aromatic N) is 1. The summed E-state index contributed by atoms with van der Waals surface area (Å²) in [6.45, 7) is 9.49. The molecule has 2 unspecified atom stereocenters. The van der Waals surface area contributed by atoms with Crippen LogP contribution in [0.1, 0.15) is 33.6 Å². The Morgan fingerprint density at radius 1 is 1.47 bits per heavy atom. The fraction of sp³-hybridized carbons (Fsp3) is 1.00. The molecule has 1 saturated heterocycles. The SMILES string of the molecule is CC(C)C(CS)CN1CCCC(C)(O)C1. The minimum Gasteiger partial charge on any atom is -0.389 e. The molecule has 0 bridgehead atoms. The third kappa shape index (κ3) is 4.33. The minimum atomic E-state index is -0.476. The Morgan fingerprint density at radius 2 is 2.13 bits per heavy atom. The van der Waals surface area contributed by atoms with Crippen molar-refractivity contribution in [1.29, 1.82) is 0 Å². The number of hydrogen-bond donors (Lipinski definition) is 2. The van der Waals surface area contributed by atoms with Crippen LogP contribution in [-0.4, -0.2) is 41.0 Å². The molecule has 1 heterocycles. The summed E-state index contributed by atoms with van der Waals surface area (Å²) in [5, 5.41) is 10.0. The van der Waals surface area contributed by atoms with Gasteiger partial charge in [-0.3, -0.25) is 0 Å². The van der Waals surface area contributed by atoms with E-state index in [4.69, 9.17) is 0 Å². The van der Waals surface area contributed by atoms with Crippen molar-refractivity contribution in [1.82, 2.24) is 4.90 Å². The van der Waals surface area contributed by atoms with E-state index in [2.05, 4.69) is 31.4 Å². The highest BCUT2D eigenvalue weighted by atomic mass is 32.1. The third-order valence-electron chi connectivity index (χ3n) is 3.42. The Hall–Kier alpha value is 0.270. The molecule has 0 amide bonds. The summed E-state index contributed by atoms with van der Waals surface area (Å²) in [5.74, 6) is 2.26. The Bertz CT molecular complexity index is 194. The smallest absolute Gasteiger partial charge is 0.0746 e. The van der Waals surface area contributed by atoms with E-state index in [-0.39, 0.29) is 0 Å². The fourth-order valence-electron chi connectivity index (χ4n) is 2.29. The molecule has 0 spiro atoms. The largest absolute Gasteiger partial charge is 0.389 e. The quantitative estimate of drug-likeness (QED) is 0.723. The number of hydrogen-bond acceptors (Lipinski definition) is 3. The molecule has 1 aliphatic heterocycles. The van der Waals surface area contributed by atoms with Gasteiger partial charge in [0.15, 0.2) is 0 Å². The maximum absolute atomic E-state index is 10.0. The summed E-state index contributed by atoms with van der Waals surface area (Å²) in [6.07, 6.45) is 2.06. The summed E-state index contributed by atoms with van der Waals surface area (Å²) < 4.78 is 0. The van der Waals surface area contributed by atoms with Gasteiger partial charge in [0.25, 0.3) is 0 Å². The zero-order chi connectivity index (χ0) is 11.5. The highest BCUT2D eigenvalue weighted by Crippen LogP contribution is 2.23. The van der Waals surface area contributed by atoms with E-state index in [0.717, 1.165) is 38.2 Å². The first-order valence-electron chi connectivity index (χ1n) is 6.00. The van der Waals surface area contributed by atoms with Gasteiger partial charge in [-0.1, -0.05) is 13.8 Å². The second-order valence-corrected chi connectivity index (χ2v) is 5.89. The highest BCUT2D eigenvalue weighted by Gasteiger charge is 2.29. The lowest BCUT2D eigenvalue weighted by molar-refractivity contribution is -0.0207. The van der Waals surface area contributed by atoms with Crippen molar-refractivity contribution in [2.24, 2.45) is 11.8 Å². The predicted molar refractivity (Wildman–Crippen MR) is 68.5 cm³/mol. The molecule has 2 atom stereocenters. The van der Waals surface area contributed by atoms with Crippen LogP contribution >= 0.6 is 12.6 Å². The second kappa shape index (κ2) is 5.55. The fourth-order valence-corrected chi connectivity index (χ4v) is 2.83. The minimum absolute atomic E-state index is 0.476. The van der Waals surface area contributed by atoms with Gasteiger partial charge < -0.3 is 10.0 Å². The second-order valence-electron chi connectivity index (χ2n) is 5.52. The Labute approximate surface area is 99.5 Å². The van der Waals surface area contributed by atoms with Gasteiger partial charge in [0.05, 0.1) is 5.60 Å². The van der Waals surface area contributed by atoms with Gasteiger partial charge in [0.2, 0.25) is 0 Å². The zero-order valence-electron chi connectivity index (χ0n) is 10.2. The lowest BCUT2D eigenvalue weighted by Crippen LogP contribution is -2.48. The summed E-state index contributed by atoms with van der Waals surface area (Å²) in [5.41, 5.74) is -0.476. The van der Waals surface area contributed by atoms with Crippen LogP contribution in [0.15, 0.2) is 0 Å². The molecule has 2 nitrogen and oxygen atoms in total. The van der Waals surface area contributed by atoms with Crippen molar-refractivity contribution < 1.29 is 5.11 Å². The molecule has 0 aliphatic carbocycles. The molecule has 1 fully saturated rings. The van der Waals surface area contributed by atoms with Gasteiger partial charge >= 0.3 is 0 Å². The van der Waals surface area contributed by atoms with Crippen molar-refractivity contribution in [3.63, 3.8) is 0 Å². The first kappa shape index (κ1) is 13.3. The van der Waals surface area contributed by atoms with E-state index < -0.39 is 5.60 Å². The molecule has 1 aliphatic rings. The first-order chi connectivity index (χ1) is 6.94. The van der Waals surface area contributed by atoms with Crippen LogP contribution in [0, 0.1) is 11.8 Å². The molecule has 15 heavy (non-hydrogen) atoms. The molecule has 0 aromatic carbocycles. The molecule has 3 heteroatoms.